The van der Waals surface area contributed by atoms with E-state index in [9.17, 15) is 14.9 Å². The Hall–Kier alpha value is -3.59. The lowest BCUT2D eigenvalue weighted by molar-refractivity contribution is -0.112. The number of hydrogen-bond acceptors (Lipinski definition) is 5. The molecule has 6 heteroatoms. The lowest BCUT2D eigenvalue weighted by Gasteiger charge is -2.11. The Balaban J connectivity index is 2.23. The molecule has 0 radical (unpaired) electrons. The van der Waals surface area contributed by atoms with Gasteiger partial charge in [-0.25, -0.2) is 4.79 Å². The van der Waals surface area contributed by atoms with E-state index in [0.29, 0.717) is 0 Å². The second-order valence-corrected chi connectivity index (χ2v) is 5.57. The molecule has 0 bridgehead atoms. The van der Waals surface area contributed by atoms with Crippen LogP contribution in [0.4, 0.5) is 11.4 Å². The van der Waals surface area contributed by atoms with Gasteiger partial charge in [0, 0.05) is 11.9 Å². The maximum absolute atomic E-state index is 12.4. The molecule has 0 aromatic heterocycles. The summed E-state index contributed by atoms with van der Waals surface area (Å²) in [6, 6.07) is 14.1. The van der Waals surface area contributed by atoms with Gasteiger partial charge in [0.25, 0.3) is 5.91 Å². The number of nitrogens with one attached hydrogen (secondary N) is 2. The number of nitrogens with zero attached hydrogens (tertiary/aromatic N) is 1. The van der Waals surface area contributed by atoms with Crippen molar-refractivity contribution in [1.29, 1.82) is 5.26 Å². The van der Waals surface area contributed by atoms with Crippen LogP contribution in [0, 0.1) is 25.2 Å². The first-order valence-corrected chi connectivity index (χ1v) is 7.89. The van der Waals surface area contributed by atoms with Gasteiger partial charge in [-0.2, -0.15) is 5.26 Å². The fraction of sp³-hybridized carbons (Fsp3) is 0.150. The van der Waals surface area contributed by atoms with Gasteiger partial charge >= 0.3 is 5.97 Å². The van der Waals surface area contributed by atoms with Crippen molar-refractivity contribution in [3.8, 4) is 6.07 Å². The fourth-order valence-corrected chi connectivity index (χ4v) is 2.40. The van der Waals surface area contributed by atoms with Crippen molar-refractivity contribution in [3.63, 3.8) is 0 Å². The highest BCUT2D eigenvalue weighted by molar-refractivity contribution is 6.09. The zero-order valence-electron chi connectivity index (χ0n) is 14.8. The molecule has 2 aromatic rings. The molecule has 0 aliphatic heterocycles. The summed E-state index contributed by atoms with van der Waals surface area (Å²) in [4.78, 5) is 24.2. The van der Waals surface area contributed by atoms with Crippen LogP contribution in [0.15, 0.2) is 54.2 Å². The smallest absolute Gasteiger partial charge is 0.339 e. The van der Waals surface area contributed by atoms with Crippen molar-refractivity contribution in [3.05, 3.63) is 70.9 Å². The van der Waals surface area contributed by atoms with Crippen LogP contribution in [0.2, 0.25) is 0 Å². The van der Waals surface area contributed by atoms with Crippen molar-refractivity contribution in [2.45, 2.75) is 13.8 Å². The summed E-state index contributed by atoms with van der Waals surface area (Å²) >= 11 is 0. The van der Waals surface area contributed by atoms with Gasteiger partial charge in [0.1, 0.15) is 11.6 Å². The first kappa shape index (κ1) is 18.7. The summed E-state index contributed by atoms with van der Waals surface area (Å²) in [6.07, 6.45) is 1.35. The first-order chi connectivity index (χ1) is 12.5. The molecule has 0 fully saturated rings. The maximum Gasteiger partial charge on any atom is 0.339 e. The van der Waals surface area contributed by atoms with E-state index >= 15 is 0 Å². The highest BCUT2D eigenvalue weighted by Crippen LogP contribution is 2.20. The minimum absolute atomic E-state index is 0.118. The Morgan fingerprint density at radius 3 is 2.35 bits per heavy atom. The van der Waals surface area contributed by atoms with Gasteiger partial charge in [-0.3, -0.25) is 4.79 Å². The van der Waals surface area contributed by atoms with Crippen LogP contribution in [-0.4, -0.2) is 19.0 Å². The molecule has 0 aliphatic carbocycles. The Morgan fingerprint density at radius 1 is 1.08 bits per heavy atom. The van der Waals surface area contributed by atoms with E-state index in [-0.39, 0.29) is 16.8 Å². The largest absolute Gasteiger partial charge is 0.465 e. The van der Waals surface area contributed by atoms with Gasteiger partial charge in [0.15, 0.2) is 0 Å². The lowest BCUT2D eigenvalue weighted by Crippen LogP contribution is -2.17. The Labute approximate surface area is 152 Å². The summed E-state index contributed by atoms with van der Waals surface area (Å²) in [5, 5.41) is 14.9. The number of hydrogen-bond donors (Lipinski definition) is 2. The van der Waals surface area contributed by atoms with Gasteiger partial charge in [0.05, 0.1) is 18.4 Å². The predicted molar refractivity (Wildman–Crippen MR) is 99.6 cm³/mol. The molecule has 26 heavy (non-hydrogen) atoms. The van der Waals surface area contributed by atoms with E-state index in [1.807, 2.05) is 38.1 Å². The van der Waals surface area contributed by atoms with Gasteiger partial charge in [-0.1, -0.05) is 30.3 Å². The quantitative estimate of drug-likeness (QED) is 0.489. The number of carbonyl (C=O) groups is 2. The Morgan fingerprint density at radius 2 is 1.73 bits per heavy atom. The number of para-hydroxylation sites is 2. The van der Waals surface area contributed by atoms with Crippen molar-refractivity contribution in [2.24, 2.45) is 0 Å². The van der Waals surface area contributed by atoms with Crippen molar-refractivity contribution in [1.82, 2.24) is 0 Å². The van der Waals surface area contributed by atoms with E-state index in [2.05, 4.69) is 10.6 Å². The topological polar surface area (TPSA) is 91.2 Å². The molecule has 2 rings (SSSR count). The average Bonchev–Trinajstić information content (AvgIpc) is 2.64. The third-order valence-corrected chi connectivity index (χ3v) is 3.79. The number of amides is 1. The molecule has 0 saturated carbocycles. The molecular formula is C20H19N3O3. The number of nitriles is 1. The van der Waals surface area contributed by atoms with Crippen LogP contribution in [0.25, 0.3) is 0 Å². The van der Waals surface area contributed by atoms with E-state index in [0.717, 1.165) is 16.8 Å². The van der Waals surface area contributed by atoms with E-state index in [4.69, 9.17) is 4.74 Å². The third kappa shape index (κ3) is 4.28. The highest BCUT2D eigenvalue weighted by atomic mass is 16.5. The van der Waals surface area contributed by atoms with Gasteiger partial charge in [-0.05, 0) is 37.1 Å². The number of methoxy groups -OCH3 is 1. The Kier molecular flexibility index (Phi) is 6.12. The summed E-state index contributed by atoms with van der Waals surface area (Å²) in [5.74, 6) is -1.19. The minimum atomic E-state index is -0.623. The summed E-state index contributed by atoms with van der Waals surface area (Å²) in [5.41, 5.74) is 3.20. The molecule has 2 aromatic carbocycles. The van der Waals surface area contributed by atoms with Crippen LogP contribution in [0.3, 0.4) is 0 Å². The number of anilines is 2. The number of carbonyl (C=O) groups excluding carboxylic acids is 2. The van der Waals surface area contributed by atoms with Crippen LogP contribution in [0.1, 0.15) is 21.5 Å². The second kappa shape index (κ2) is 8.49. The van der Waals surface area contributed by atoms with E-state index in [1.54, 1.807) is 18.2 Å². The summed E-state index contributed by atoms with van der Waals surface area (Å²) < 4.78 is 4.69. The Bertz CT molecular complexity index is 891. The molecule has 132 valence electrons. The fourth-order valence-electron chi connectivity index (χ4n) is 2.40. The van der Waals surface area contributed by atoms with Gasteiger partial charge < -0.3 is 15.4 Å². The number of rotatable bonds is 5. The lowest BCUT2D eigenvalue weighted by atomic mass is 10.1. The molecule has 6 nitrogen and oxygen atoms in total. The van der Waals surface area contributed by atoms with E-state index in [1.165, 1.54) is 19.4 Å². The SMILES string of the molecule is COC(=O)c1ccccc1NC(=O)/C(C#N)=C\Nc1c(C)cccc1C. The number of ether oxygens (including phenoxy) is 1. The highest BCUT2D eigenvalue weighted by Gasteiger charge is 2.16. The molecule has 0 heterocycles. The third-order valence-electron chi connectivity index (χ3n) is 3.79. The normalized spacial score (nSPS) is 10.6. The zero-order chi connectivity index (χ0) is 19.1. The second-order valence-electron chi connectivity index (χ2n) is 5.57. The van der Waals surface area contributed by atoms with Crippen molar-refractivity contribution in [2.75, 3.05) is 17.7 Å². The molecule has 2 N–H and O–H groups in total. The van der Waals surface area contributed by atoms with Crippen molar-refractivity contribution < 1.29 is 14.3 Å². The monoisotopic (exact) mass is 349 g/mol. The van der Waals surface area contributed by atoms with Gasteiger partial charge in [0.2, 0.25) is 0 Å². The molecule has 0 atom stereocenters. The average molecular weight is 349 g/mol. The number of aryl methyl sites for hydroxylation is 2. The van der Waals surface area contributed by atoms with E-state index < -0.39 is 11.9 Å². The molecular weight excluding hydrogens is 330 g/mol. The zero-order valence-corrected chi connectivity index (χ0v) is 14.8. The molecule has 1 amide bonds. The van der Waals surface area contributed by atoms with Crippen LogP contribution in [-0.2, 0) is 9.53 Å². The summed E-state index contributed by atoms with van der Waals surface area (Å²) in [6.45, 7) is 3.86. The molecule has 0 unspecified atom stereocenters. The standard InChI is InChI=1S/C20H19N3O3/c1-13-7-6-8-14(2)18(13)22-12-15(11-21)19(24)23-17-10-5-4-9-16(17)20(25)26-3/h4-10,12,22H,1-3H3,(H,23,24)/b15-12-. The molecule has 0 saturated heterocycles. The van der Waals surface area contributed by atoms with Crippen LogP contribution in [0.5, 0.6) is 0 Å². The van der Waals surface area contributed by atoms with Crippen LogP contribution >= 0.6 is 0 Å². The minimum Gasteiger partial charge on any atom is -0.465 e. The maximum atomic E-state index is 12.4. The molecule has 0 spiro atoms. The molecule has 0 aliphatic rings. The van der Waals surface area contributed by atoms with Gasteiger partial charge in [-0.15, -0.1) is 0 Å². The van der Waals surface area contributed by atoms with Crippen LogP contribution < -0.4 is 10.6 Å². The van der Waals surface area contributed by atoms with Crippen molar-refractivity contribution >= 4 is 23.3 Å². The first-order valence-electron chi connectivity index (χ1n) is 7.89. The summed E-state index contributed by atoms with van der Waals surface area (Å²) in [7, 11) is 1.26. The number of benzene rings is 2. The predicted octanol–water partition coefficient (Wildman–Crippen LogP) is 3.55. The number of esters is 1.